The third-order valence-corrected chi connectivity index (χ3v) is 2.45. The standard InChI is InChI=1S/C9H13BrN2O3/c1-2-15-9-11-4-6(5-12-9)8(14)7(13)3-10/h4-5,7-8,13-14H,2-3H2,1H3. The molecular formula is C9H13BrN2O3. The van der Waals surface area contributed by atoms with Crippen LogP contribution in [-0.2, 0) is 0 Å². The minimum Gasteiger partial charge on any atom is -0.464 e. The van der Waals surface area contributed by atoms with E-state index in [1.165, 1.54) is 12.4 Å². The van der Waals surface area contributed by atoms with Crippen LogP contribution in [-0.4, -0.2) is 38.2 Å². The van der Waals surface area contributed by atoms with Gasteiger partial charge in [0.1, 0.15) is 6.10 Å². The molecule has 1 rings (SSSR count). The SMILES string of the molecule is CCOc1ncc(C(O)C(O)CBr)cn1. The Balaban J connectivity index is 2.70. The van der Waals surface area contributed by atoms with Gasteiger partial charge in [-0.05, 0) is 6.92 Å². The van der Waals surface area contributed by atoms with Gasteiger partial charge in [0.15, 0.2) is 0 Å². The molecule has 1 aromatic heterocycles. The minimum absolute atomic E-state index is 0.266. The molecule has 5 nitrogen and oxygen atoms in total. The molecule has 0 radical (unpaired) electrons. The smallest absolute Gasteiger partial charge is 0.316 e. The van der Waals surface area contributed by atoms with E-state index in [2.05, 4.69) is 25.9 Å². The number of aliphatic hydroxyl groups excluding tert-OH is 2. The number of ether oxygens (including phenoxy) is 1. The first-order valence-electron chi connectivity index (χ1n) is 4.55. The number of aromatic nitrogens is 2. The molecular weight excluding hydrogens is 264 g/mol. The Kier molecular flexibility index (Phi) is 4.93. The molecule has 1 aromatic rings. The molecule has 84 valence electrons. The molecule has 15 heavy (non-hydrogen) atoms. The molecule has 6 heteroatoms. The summed E-state index contributed by atoms with van der Waals surface area (Å²) in [6, 6.07) is 0.266. The van der Waals surface area contributed by atoms with Crippen LogP contribution in [0.25, 0.3) is 0 Å². The maximum absolute atomic E-state index is 9.61. The van der Waals surface area contributed by atoms with Crippen LogP contribution in [0, 0.1) is 0 Å². The maximum Gasteiger partial charge on any atom is 0.316 e. The van der Waals surface area contributed by atoms with Crippen molar-refractivity contribution in [2.24, 2.45) is 0 Å². The summed E-state index contributed by atoms with van der Waals surface area (Å²) in [5.41, 5.74) is 0.463. The third kappa shape index (κ3) is 3.40. The highest BCUT2D eigenvalue weighted by molar-refractivity contribution is 9.09. The van der Waals surface area contributed by atoms with E-state index < -0.39 is 12.2 Å². The Morgan fingerprint density at radius 2 is 2.00 bits per heavy atom. The van der Waals surface area contributed by atoms with Gasteiger partial charge in [-0.25, -0.2) is 9.97 Å². The third-order valence-electron chi connectivity index (χ3n) is 1.79. The Morgan fingerprint density at radius 3 is 2.47 bits per heavy atom. The van der Waals surface area contributed by atoms with Crippen LogP contribution >= 0.6 is 15.9 Å². The summed E-state index contributed by atoms with van der Waals surface area (Å²) in [5.74, 6) is 0. The van der Waals surface area contributed by atoms with E-state index >= 15 is 0 Å². The van der Waals surface area contributed by atoms with Crippen LogP contribution in [0.2, 0.25) is 0 Å². The predicted octanol–water partition coefficient (Wildman–Crippen LogP) is 0.664. The zero-order chi connectivity index (χ0) is 11.3. The summed E-state index contributed by atoms with van der Waals surface area (Å²) in [6.07, 6.45) is 1.02. The number of halogens is 1. The Labute approximate surface area is 96.3 Å². The van der Waals surface area contributed by atoms with Crippen molar-refractivity contribution in [1.29, 1.82) is 0 Å². The van der Waals surface area contributed by atoms with Crippen molar-refractivity contribution in [2.45, 2.75) is 19.1 Å². The number of aliphatic hydroxyl groups is 2. The van der Waals surface area contributed by atoms with Gasteiger partial charge in [-0.3, -0.25) is 0 Å². The number of hydrogen-bond acceptors (Lipinski definition) is 5. The molecule has 0 spiro atoms. The maximum atomic E-state index is 9.61. The lowest BCUT2D eigenvalue weighted by Gasteiger charge is -2.14. The van der Waals surface area contributed by atoms with Crippen molar-refractivity contribution >= 4 is 15.9 Å². The van der Waals surface area contributed by atoms with Crippen LogP contribution < -0.4 is 4.74 Å². The van der Waals surface area contributed by atoms with Gasteiger partial charge in [0.05, 0.1) is 12.7 Å². The first kappa shape index (κ1) is 12.4. The second-order valence-electron chi connectivity index (χ2n) is 2.90. The molecule has 0 fully saturated rings. The quantitative estimate of drug-likeness (QED) is 0.773. The second kappa shape index (κ2) is 5.99. The molecule has 0 amide bonds. The predicted molar refractivity (Wildman–Crippen MR) is 58.0 cm³/mol. The summed E-state index contributed by atoms with van der Waals surface area (Å²) in [5, 5.41) is 19.3. The van der Waals surface area contributed by atoms with Crippen molar-refractivity contribution in [3.05, 3.63) is 18.0 Å². The molecule has 2 N–H and O–H groups in total. The molecule has 1 heterocycles. The number of rotatable bonds is 5. The molecule has 2 atom stereocenters. The number of nitrogens with zero attached hydrogens (tertiary/aromatic N) is 2. The highest BCUT2D eigenvalue weighted by atomic mass is 79.9. The van der Waals surface area contributed by atoms with Crippen molar-refractivity contribution in [3.8, 4) is 6.01 Å². The van der Waals surface area contributed by atoms with Crippen LogP contribution in [0.4, 0.5) is 0 Å². The molecule has 0 aliphatic carbocycles. The van der Waals surface area contributed by atoms with Gasteiger partial charge in [-0.15, -0.1) is 0 Å². The molecule has 0 aromatic carbocycles. The van der Waals surface area contributed by atoms with Gasteiger partial charge in [-0.2, -0.15) is 0 Å². The Morgan fingerprint density at radius 1 is 1.40 bits per heavy atom. The van der Waals surface area contributed by atoms with Crippen LogP contribution in [0.3, 0.4) is 0 Å². The molecule has 0 bridgehead atoms. The van der Waals surface area contributed by atoms with E-state index in [1.54, 1.807) is 0 Å². The second-order valence-corrected chi connectivity index (χ2v) is 3.55. The van der Waals surface area contributed by atoms with E-state index in [0.717, 1.165) is 0 Å². The molecule has 2 unspecified atom stereocenters. The summed E-state index contributed by atoms with van der Waals surface area (Å²) < 4.78 is 5.05. The molecule has 0 saturated heterocycles. The monoisotopic (exact) mass is 276 g/mol. The zero-order valence-electron chi connectivity index (χ0n) is 8.30. The minimum atomic E-state index is -0.986. The van der Waals surface area contributed by atoms with Crippen molar-refractivity contribution < 1.29 is 14.9 Å². The number of hydrogen-bond donors (Lipinski definition) is 2. The van der Waals surface area contributed by atoms with Gasteiger partial charge in [-0.1, -0.05) is 15.9 Å². The van der Waals surface area contributed by atoms with Crippen molar-refractivity contribution in [3.63, 3.8) is 0 Å². The molecule has 0 aliphatic heterocycles. The van der Waals surface area contributed by atoms with E-state index in [0.29, 0.717) is 17.5 Å². The largest absolute Gasteiger partial charge is 0.464 e. The van der Waals surface area contributed by atoms with Gasteiger partial charge in [0.2, 0.25) is 0 Å². The number of alkyl halides is 1. The van der Waals surface area contributed by atoms with Gasteiger partial charge >= 0.3 is 6.01 Å². The summed E-state index contributed by atoms with van der Waals surface area (Å²) >= 11 is 3.08. The molecule has 0 saturated carbocycles. The highest BCUT2D eigenvalue weighted by Gasteiger charge is 2.17. The topological polar surface area (TPSA) is 75.5 Å². The van der Waals surface area contributed by atoms with Gasteiger partial charge in [0.25, 0.3) is 0 Å². The van der Waals surface area contributed by atoms with E-state index in [-0.39, 0.29) is 6.01 Å². The van der Waals surface area contributed by atoms with Gasteiger partial charge in [0, 0.05) is 23.3 Å². The van der Waals surface area contributed by atoms with Crippen LogP contribution in [0.5, 0.6) is 6.01 Å². The van der Waals surface area contributed by atoms with Crippen LogP contribution in [0.1, 0.15) is 18.6 Å². The molecule has 0 aliphatic rings. The lowest BCUT2D eigenvalue weighted by atomic mass is 10.1. The first-order valence-corrected chi connectivity index (χ1v) is 5.68. The van der Waals surface area contributed by atoms with E-state index in [1.807, 2.05) is 6.92 Å². The first-order chi connectivity index (χ1) is 7.19. The van der Waals surface area contributed by atoms with Crippen molar-refractivity contribution in [1.82, 2.24) is 9.97 Å². The highest BCUT2D eigenvalue weighted by Crippen LogP contribution is 2.17. The summed E-state index contributed by atoms with van der Waals surface area (Å²) in [6.45, 7) is 2.33. The average Bonchev–Trinajstić information content (AvgIpc) is 2.28. The van der Waals surface area contributed by atoms with E-state index in [4.69, 9.17) is 4.74 Å². The zero-order valence-corrected chi connectivity index (χ0v) is 9.88. The Hall–Kier alpha value is -0.720. The fraction of sp³-hybridized carbons (Fsp3) is 0.556. The summed E-state index contributed by atoms with van der Waals surface area (Å²) in [4.78, 5) is 7.77. The average molecular weight is 277 g/mol. The normalized spacial score (nSPS) is 14.7. The Bertz CT molecular complexity index is 294. The fourth-order valence-electron chi connectivity index (χ4n) is 0.989. The summed E-state index contributed by atoms with van der Waals surface area (Å²) in [7, 11) is 0. The lowest BCUT2D eigenvalue weighted by molar-refractivity contribution is 0.0337. The van der Waals surface area contributed by atoms with Gasteiger partial charge < -0.3 is 14.9 Å². The van der Waals surface area contributed by atoms with Crippen molar-refractivity contribution in [2.75, 3.05) is 11.9 Å². The fourth-order valence-corrected chi connectivity index (χ4v) is 1.34. The van der Waals surface area contributed by atoms with Crippen LogP contribution in [0.15, 0.2) is 12.4 Å². The van der Waals surface area contributed by atoms with E-state index in [9.17, 15) is 10.2 Å². The lowest BCUT2D eigenvalue weighted by Crippen LogP contribution is -2.19.